The lowest BCUT2D eigenvalue weighted by molar-refractivity contribution is -0.134. The highest BCUT2D eigenvalue weighted by molar-refractivity contribution is 6.14. The van der Waals surface area contributed by atoms with Crippen molar-refractivity contribution >= 4 is 17.7 Å². The van der Waals surface area contributed by atoms with Crippen LogP contribution in [0.15, 0.2) is 48.5 Å². The molecule has 0 aliphatic carbocycles. The van der Waals surface area contributed by atoms with Gasteiger partial charge in [0.05, 0.1) is 5.56 Å². The van der Waals surface area contributed by atoms with Gasteiger partial charge in [0.2, 0.25) is 0 Å². The largest absolute Gasteiger partial charge is 0.452 e. The number of carbonyl (C=O) groups excluding carboxylic acids is 3. The number of likely N-dealkylation sites (tertiary alicyclic amines) is 1. The van der Waals surface area contributed by atoms with Crippen LogP contribution in [0.25, 0.3) is 0 Å². The average Bonchev–Trinajstić information content (AvgIpc) is 2.71. The van der Waals surface area contributed by atoms with Gasteiger partial charge in [0.25, 0.3) is 5.91 Å². The van der Waals surface area contributed by atoms with E-state index in [1.807, 2.05) is 19.1 Å². The number of aryl methyl sites for hydroxylation is 1. The Hall–Kier alpha value is -2.95. The summed E-state index contributed by atoms with van der Waals surface area (Å²) in [6.45, 7) is 3.06. The van der Waals surface area contributed by atoms with E-state index >= 15 is 0 Å². The maximum Gasteiger partial charge on any atom is 0.339 e. The van der Waals surface area contributed by atoms with Crippen molar-refractivity contribution in [3.63, 3.8) is 0 Å². The number of ketones is 1. The third-order valence-corrected chi connectivity index (χ3v) is 5.24. The van der Waals surface area contributed by atoms with E-state index in [1.165, 1.54) is 6.42 Å². The highest BCUT2D eigenvalue weighted by atomic mass is 16.5. The summed E-state index contributed by atoms with van der Waals surface area (Å²) in [6.07, 6.45) is 5.42. The molecule has 0 N–H and O–H groups in total. The normalized spacial score (nSPS) is 14.6. The number of amides is 1. The quantitative estimate of drug-likeness (QED) is 0.565. The first kappa shape index (κ1) is 20.8. The Morgan fingerprint density at radius 2 is 1.41 bits per heavy atom. The minimum Gasteiger partial charge on any atom is -0.452 e. The average molecular weight is 393 g/mol. The minimum atomic E-state index is -0.651. The Morgan fingerprint density at radius 3 is 2.07 bits per heavy atom. The van der Waals surface area contributed by atoms with Gasteiger partial charge in [-0.05, 0) is 25.8 Å². The highest BCUT2D eigenvalue weighted by Gasteiger charge is 2.21. The second-order valence-corrected chi connectivity index (χ2v) is 7.47. The van der Waals surface area contributed by atoms with E-state index in [9.17, 15) is 14.4 Å². The van der Waals surface area contributed by atoms with Crippen LogP contribution in [0.4, 0.5) is 0 Å². The lowest BCUT2D eigenvalue weighted by atomic mass is 9.98. The third-order valence-electron chi connectivity index (χ3n) is 5.24. The maximum absolute atomic E-state index is 12.9. The molecule has 0 bridgehead atoms. The summed E-state index contributed by atoms with van der Waals surface area (Å²) in [6, 6.07) is 13.8. The lowest BCUT2D eigenvalue weighted by Gasteiger charge is -2.24. The number of hydrogen-bond donors (Lipinski definition) is 0. The van der Waals surface area contributed by atoms with Crippen molar-refractivity contribution in [2.45, 2.75) is 39.0 Å². The zero-order valence-corrected chi connectivity index (χ0v) is 16.9. The fourth-order valence-corrected chi connectivity index (χ4v) is 3.51. The predicted molar refractivity (Wildman–Crippen MR) is 111 cm³/mol. The van der Waals surface area contributed by atoms with Crippen LogP contribution in [-0.4, -0.2) is 42.3 Å². The van der Waals surface area contributed by atoms with Gasteiger partial charge >= 0.3 is 5.97 Å². The Kier molecular flexibility index (Phi) is 7.17. The van der Waals surface area contributed by atoms with E-state index < -0.39 is 5.97 Å². The summed E-state index contributed by atoms with van der Waals surface area (Å²) < 4.78 is 5.28. The van der Waals surface area contributed by atoms with Crippen LogP contribution >= 0.6 is 0 Å². The van der Waals surface area contributed by atoms with E-state index in [1.54, 1.807) is 41.3 Å². The van der Waals surface area contributed by atoms with Crippen LogP contribution in [0, 0.1) is 6.92 Å². The molecule has 2 aromatic carbocycles. The monoisotopic (exact) mass is 393 g/mol. The van der Waals surface area contributed by atoms with Crippen LogP contribution in [0.5, 0.6) is 0 Å². The van der Waals surface area contributed by atoms with Gasteiger partial charge in [-0.25, -0.2) is 4.79 Å². The Labute approximate surface area is 171 Å². The van der Waals surface area contributed by atoms with Crippen molar-refractivity contribution in [1.82, 2.24) is 4.90 Å². The smallest absolute Gasteiger partial charge is 0.339 e. The maximum atomic E-state index is 12.9. The SMILES string of the molecule is Cc1ccc(C(=O)c2ccccc2C(=O)OCC(=O)N2CCCCCCC2)cc1. The van der Waals surface area contributed by atoms with Crippen molar-refractivity contribution in [2.75, 3.05) is 19.7 Å². The zero-order chi connectivity index (χ0) is 20.6. The molecule has 2 aromatic rings. The summed E-state index contributed by atoms with van der Waals surface area (Å²) in [5.74, 6) is -1.07. The number of rotatable bonds is 5. The number of ether oxygens (including phenoxy) is 1. The second kappa shape index (κ2) is 10.0. The fourth-order valence-electron chi connectivity index (χ4n) is 3.51. The number of benzene rings is 2. The van der Waals surface area contributed by atoms with E-state index in [4.69, 9.17) is 4.74 Å². The van der Waals surface area contributed by atoms with Gasteiger partial charge in [-0.2, -0.15) is 0 Å². The van der Waals surface area contributed by atoms with E-state index in [0.29, 0.717) is 18.7 Å². The topological polar surface area (TPSA) is 63.7 Å². The molecule has 1 saturated heterocycles. The molecular weight excluding hydrogens is 366 g/mol. The van der Waals surface area contributed by atoms with Crippen molar-refractivity contribution in [1.29, 1.82) is 0 Å². The summed E-state index contributed by atoms with van der Waals surface area (Å²) >= 11 is 0. The van der Waals surface area contributed by atoms with Crippen molar-refractivity contribution in [3.05, 3.63) is 70.8 Å². The molecule has 0 aromatic heterocycles. The molecule has 0 radical (unpaired) electrons. The Balaban J connectivity index is 1.67. The molecule has 1 amide bonds. The van der Waals surface area contributed by atoms with Crippen LogP contribution in [-0.2, 0) is 9.53 Å². The van der Waals surface area contributed by atoms with E-state index in [-0.39, 0.29) is 29.4 Å². The minimum absolute atomic E-state index is 0.178. The first-order valence-electron chi connectivity index (χ1n) is 10.2. The Morgan fingerprint density at radius 1 is 0.828 bits per heavy atom. The van der Waals surface area contributed by atoms with Crippen molar-refractivity contribution in [2.24, 2.45) is 0 Å². The molecule has 5 nitrogen and oxygen atoms in total. The molecule has 0 saturated carbocycles. The van der Waals surface area contributed by atoms with Crippen molar-refractivity contribution in [3.8, 4) is 0 Å². The molecule has 29 heavy (non-hydrogen) atoms. The summed E-state index contributed by atoms with van der Waals surface area (Å²) in [7, 11) is 0. The molecule has 5 heteroatoms. The van der Waals surface area contributed by atoms with Gasteiger partial charge in [0, 0.05) is 24.2 Å². The predicted octanol–water partition coefficient (Wildman–Crippen LogP) is 4.18. The molecule has 1 heterocycles. The molecular formula is C24H27NO4. The number of hydrogen-bond acceptors (Lipinski definition) is 4. The van der Waals surface area contributed by atoms with Gasteiger partial charge in [0.15, 0.2) is 12.4 Å². The zero-order valence-electron chi connectivity index (χ0n) is 16.9. The second-order valence-electron chi connectivity index (χ2n) is 7.47. The fraction of sp³-hybridized carbons (Fsp3) is 0.375. The van der Waals surface area contributed by atoms with Crippen LogP contribution in [0.1, 0.15) is 63.9 Å². The number of carbonyl (C=O) groups is 3. The van der Waals surface area contributed by atoms with Crippen LogP contribution in [0.2, 0.25) is 0 Å². The first-order chi connectivity index (χ1) is 14.1. The molecule has 0 atom stereocenters. The van der Waals surface area contributed by atoms with Crippen molar-refractivity contribution < 1.29 is 19.1 Å². The summed E-state index contributed by atoms with van der Waals surface area (Å²) in [5.41, 5.74) is 2.02. The van der Waals surface area contributed by atoms with Gasteiger partial charge in [-0.3, -0.25) is 9.59 Å². The standard InChI is InChI=1S/C24H27NO4/c1-18-11-13-19(14-12-18)23(27)20-9-5-6-10-21(20)24(28)29-17-22(26)25-15-7-3-2-4-8-16-25/h5-6,9-14H,2-4,7-8,15-17H2,1H3. The molecule has 1 fully saturated rings. The molecule has 1 aliphatic heterocycles. The first-order valence-corrected chi connectivity index (χ1v) is 10.2. The Bertz CT molecular complexity index is 865. The van der Waals surface area contributed by atoms with Gasteiger partial charge in [-0.1, -0.05) is 67.3 Å². The molecule has 152 valence electrons. The van der Waals surface area contributed by atoms with Gasteiger partial charge in [-0.15, -0.1) is 0 Å². The third kappa shape index (κ3) is 5.53. The van der Waals surface area contributed by atoms with Gasteiger partial charge < -0.3 is 9.64 Å². The number of nitrogens with zero attached hydrogens (tertiary/aromatic N) is 1. The molecule has 0 unspecified atom stereocenters. The van der Waals surface area contributed by atoms with Crippen LogP contribution < -0.4 is 0 Å². The summed E-state index contributed by atoms with van der Waals surface area (Å²) in [5, 5.41) is 0. The van der Waals surface area contributed by atoms with E-state index in [0.717, 1.165) is 31.2 Å². The van der Waals surface area contributed by atoms with Crippen LogP contribution in [0.3, 0.4) is 0 Å². The lowest BCUT2D eigenvalue weighted by Crippen LogP contribution is -2.37. The number of esters is 1. The van der Waals surface area contributed by atoms with Gasteiger partial charge in [0.1, 0.15) is 0 Å². The van der Waals surface area contributed by atoms with E-state index in [2.05, 4.69) is 0 Å². The molecule has 1 aliphatic rings. The molecule has 3 rings (SSSR count). The summed E-state index contributed by atoms with van der Waals surface area (Å²) in [4.78, 5) is 39.7. The highest BCUT2D eigenvalue weighted by Crippen LogP contribution is 2.17. The molecule has 0 spiro atoms.